The van der Waals surface area contributed by atoms with Gasteiger partial charge in [-0.25, -0.2) is 0 Å². The normalized spacial score (nSPS) is 14.0. The first-order chi connectivity index (χ1) is 9.90. The van der Waals surface area contributed by atoms with Gasteiger partial charge in [0.1, 0.15) is 5.75 Å². The van der Waals surface area contributed by atoms with Crippen LogP contribution in [0.4, 0.5) is 0 Å². The second-order valence-corrected chi connectivity index (χ2v) is 5.86. The quantitative estimate of drug-likeness (QED) is 0.923. The van der Waals surface area contributed by atoms with Crippen LogP contribution in [0.3, 0.4) is 0 Å². The van der Waals surface area contributed by atoms with E-state index in [1.165, 1.54) is 0 Å². The molecule has 0 fully saturated rings. The van der Waals surface area contributed by atoms with Gasteiger partial charge in [-0.2, -0.15) is 5.10 Å². The second kappa shape index (κ2) is 6.08. The molecule has 0 saturated heterocycles. The van der Waals surface area contributed by atoms with Crippen molar-refractivity contribution in [2.24, 2.45) is 12.8 Å². The first-order valence-electron chi connectivity index (χ1n) is 7.03. The molecule has 0 amide bonds. The SMILES string of the molecule is CCc1nn(C)c(CC(C)(N)c2ccccc2OC)c1Cl. The van der Waals surface area contributed by atoms with E-state index in [9.17, 15) is 0 Å². The van der Waals surface area contributed by atoms with Crippen molar-refractivity contribution in [2.45, 2.75) is 32.2 Å². The van der Waals surface area contributed by atoms with Crippen LogP contribution in [0, 0.1) is 0 Å². The van der Waals surface area contributed by atoms with E-state index in [-0.39, 0.29) is 0 Å². The molecule has 0 aliphatic heterocycles. The van der Waals surface area contributed by atoms with Gasteiger partial charge in [-0.05, 0) is 19.4 Å². The molecule has 1 heterocycles. The molecule has 0 aliphatic carbocycles. The number of methoxy groups -OCH3 is 1. The highest BCUT2D eigenvalue weighted by molar-refractivity contribution is 6.31. The Morgan fingerprint density at radius 1 is 1.38 bits per heavy atom. The molecule has 0 aliphatic rings. The minimum Gasteiger partial charge on any atom is -0.496 e. The number of aryl methyl sites for hydroxylation is 2. The molecule has 2 rings (SSSR count). The number of halogens is 1. The van der Waals surface area contributed by atoms with E-state index in [1.807, 2.05) is 49.8 Å². The summed E-state index contributed by atoms with van der Waals surface area (Å²) in [6, 6.07) is 7.81. The van der Waals surface area contributed by atoms with Crippen molar-refractivity contribution in [3.8, 4) is 5.75 Å². The van der Waals surface area contributed by atoms with Crippen molar-refractivity contribution in [1.82, 2.24) is 9.78 Å². The van der Waals surface area contributed by atoms with Gasteiger partial charge in [0, 0.05) is 24.6 Å². The summed E-state index contributed by atoms with van der Waals surface area (Å²) in [6.07, 6.45) is 1.40. The number of nitrogens with two attached hydrogens (primary N) is 1. The van der Waals surface area contributed by atoms with E-state index in [2.05, 4.69) is 5.10 Å². The molecule has 1 unspecified atom stereocenters. The molecule has 2 aromatic rings. The van der Waals surface area contributed by atoms with Gasteiger partial charge in [0.15, 0.2) is 0 Å². The maximum Gasteiger partial charge on any atom is 0.123 e. The Hall–Kier alpha value is -1.52. The van der Waals surface area contributed by atoms with Gasteiger partial charge in [0.25, 0.3) is 0 Å². The van der Waals surface area contributed by atoms with Crippen molar-refractivity contribution in [3.63, 3.8) is 0 Å². The standard InChI is InChI=1S/C16H22ClN3O/c1-5-12-15(17)13(20(3)19-12)10-16(2,18)11-8-6-7-9-14(11)21-4/h6-9H,5,10,18H2,1-4H3. The highest BCUT2D eigenvalue weighted by atomic mass is 35.5. The fourth-order valence-electron chi connectivity index (χ4n) is 2.57. The summed E-state index contributed by atoms with van der Waals surface area (Å²) in [5.41, 5.74) is 8.78. The predicted molar refractivity (Wildman–Crippen MR) is 85.8 cm³/mol. The minimum absolute atomic E-state index is 0.588. The van der Waals surface area contributed by atoms with E-state index >= 15 is 0 Å². The van der Waals surface area contributed by atoms with Gasteiger partial charge in [-0.15, -0.1) is 0 Å². The number of para-hydroxylation sites is 1. The van der Waals surface area contributed by atoms with E-state index in [4.69, 9.17) is 22.1 Å². The third-order valence-electron chi connectivity index (χ3n) is 3.76. The first kappa shape index (κ1) is 15.9. The monoisotopic (exact) mass is 307 g/mol. The lowest BCUT2D eigenvalue weighted by Crippen LogP contribution is -2.36. The molecule has 0 saturated carbocycles. The summed E-state index contributed by atoms with van der Waals surface area (Å²) < 4.78 is 7.24. The molecule has 1 atom stereocenters. The lowest BCUT2D eigenvalue weighted by atomic mass is 9.87. The molecule has 5 heteroatoms. The van der Waals surface area contributed by atoms with Gasteiger partial charge >= 0.3 is 0 Å². The summed E-state index contributed by atoms with van der Waals surface area (Å²) in [4.78, 5) is 0. The molecule has 0 radical (unpaired) electrons. The fraction of sp³-hybridized carbons (Fsp3) is 0.438. The van der Waals surface area contributed by atoms with Crippen LogP contribution in [0.5, 0.6) is 5.75 Å². The summed E-state index contributed by atoms with van der Waals surface area (Å²) >= 11 is 6.43. The summed E-state index contributed by atoms with van der Waals surface area (Å²) in [7, 11) is 3.56. The zero-order valence-corrected chi connectivity index (χ0v) is 13.7. The van der Waals surface area contributed by atoms with Crippen molar-refractivity contribution in [3.05, 3.63) is 46.2 Å². The fourth-order valence-corrected chi connectivity index (χ4v) is 2.93. The van der Waals surface area contributed by atoms with E-state index in [1.54, 1.807) is 7.11 Å². The molecule has 1 aromatic heterocycles. The Morgan fingerprint density at radius 3 is 2.62 bits per heavy atom. The molecule has 114 valence electrons. The molecule has 4 nitrogen and oxygen atoms in total. The van der Waals surface area contributed by atoms with Gasteiger partial charge in [-0.3, -0.25) is 4.68 Å². The molecular formula is C16H22ClN3O. The lowest BCUT2D eigenvalue weighted by molar-refractivity contribution is 0.383. The second-order valence-electron chi connectivity index (χ2n) is 5.48. The van der Waals surface area contributed by atoms with Gasteiger partial charge in [0.2, 0.25) is 0 Å². The summed E-state index contributed by atoms with van der Waals surface area (Å²) in [5, 5.41) is 5.16. The topological polar surface area (TPSA) is 53.1 Å². The van der Waals surface area contributed by atoms with Crippen LogP contribution in [0.15, 0.2) is 24.3 Å². The zero-order chi connectivity index (χ0) is 15.6. The highest BCUT2D eigenvalue weighted by Crippen LogP contribution is 2.33. The number of benzene rings is 1. The highest BCUT2D eigenvalue weighted by Gasteiger charge is 2.28. The minimum atomic E-state index is -0.588. The lowest BCUT2D eigenvalue weighted by Gasteiger charge is -2.27. The number of ether oxygens (including phenoxy) is 1. The van der Waals surface area contributed by atoms with Gasteiger partial charge in [-0.1, -0.05) is 36.7 Å². The third-order valence-corrected chi connectivity index (χ3v) is 4.20. The summed E-state index contributed by atoms with van der Waals surface area (Å²) in [5.74, 6) is 0.788. The molecule has 1 aromatic carbocycles. The van der Waals surface area contributed by atoms with Crippen LogP contribution in [0.25, 0.3) is 0 Å². The van der Waals surface area contributed by atoms with Crippen LogP contribution in [0.1, 0.15) is 30.8 Å². The number of nitrogens with zero attached hydrogens (tertiary/aromatic N) is 2. The first-order valence-corrected chi connectivity index (χ1v) is 7.41. The number of hydrogen-bond donors (Lipinski definition) is 1. The van der Waals surface area contributed by atoms with Crippen LogP contribution in [-0.4, -0.2) is 16.9 Å². The number of rotatable bonds is 5. The van der Waals surface area contributed by atoms with Gasteiger partial charge < -0.3 is 10.5 Å². The third kappa shape index (κ3) is 3.06. The van der Waals surface area contributed by atoms with Crippen molar-refractivity contribution in [1.29, 1.82) is 0 Å². The van der Waals surface area contributed by atoms with Crippen LogP contribution in [0.2, 0.25) is 5.02 Å². The molecule has 0 bridgehead atoms. The largest absolute Gasteiger partial charge is 0.496 e. The van der Waals surface area contributed by atoms with Crippen molar-refractivity contribution >= 4 is 11.6 Å². The van der Waals surface area contributed by atoms with Crippen molar-refractivity contribution < 1.29 is 4.74 Å². The predicted octanol–water partition coefficient (Wildman–Crippen LogP) is 3.06. The smallest absolute Gasteiger partial charge is 0.123 e. The van der Waals surface area contributed by atoms with E-state index in [0.717, 1.165) is 29.1 Å². The average molecular weight is 308 g/mol. The van der Waals surface area contributed by atoms with Crippen LogP contribution >= 0.6 is 11.6 Å². The number of hydrogen-bond acceptors (Lipinski definition) is 3. The van der Waals surface area contributed by atoms with Crippen molar-refractivity contribution in [2.75, 3.05) is 7.11 Å². The van der Waals surface area contributed by atoms with Crippen LogP contribution in [-0.2, 0) is 25.4 Å². The Morgan fingerprint density at radius 2 is 2.05 bits per heavy atom. The van der Waals surface area contributed by atoms with Crippen LogP contribution < -0.4 is 10.5 Å². The Labute approximate surface area is 130 Å². The number of aromatic nitrogens is 2. The van der Waals surface area contributed by atoms with Gasteiger partial charge in [0.05, 0.1) is 23.5 Å². The Kier molecular flexibility index (Phi) is 4.59. The molecule has 21 heavy (non-hydrogen) atoms. The molecule has 2 N–H and O–H groups in total. The molecule has 0 spiro atoms. The van der Waals surface area contributed by atoms with E-state index in [0.29, 0.717) is 11.4 Å². The zero-order valence-electron chi connectivity index (χ0n) is 13.0. The average Bonchev–Trinajstić information content (AvgIpc) is 2.74. The van der Waals surface area contributed by atoms with E-state index < -0.39 is 5.54 Å². The Balaban J connectivity index is 2.40. The summed E-state index contributed by atoms with van der Waals surface area (Å²) in [6.45, 7) is 4.03. The maximum atomic E-state index is 6.56. The Bertz CT molecular complexity index is 634. The molecular weight excluding hydrogens is 286 g/mol. The maximum absolute atomic E-state index is 6.56.